The first kappa shape index (κ1) is 19.3. The van der Waals surface area contributed by atoms with E-state index in [0.717, 1.165) is 6.07 Å². The molecule has 0 spiro atoms. The van der Waals surface area contributed by atoms with E-state index in [1.165, 1.54) is 42.5 Å². The predicted octanol–water partition coefficient (Wildman–Crippen LogP) is 3.26. The summed E-state index contributed by atoms with van der Waals surface area (Å²) in [4.78, 5) is 22.8. The SMILES string of the molecule is Cc1ccc([N+](=O)[O-])c(C(=O)Nc2c(O)ccc3c(S(=O)(=O)O)cccc23)c1. The summed E-state index contributed by atoms with van der Waals surface area (Å²) in [7, 11) is -4.55. The number of nitro groups is 1. The Morgan fingerprint density at radius 3 is 2.46 bits per heavy atom. The fourth-order valence-corrected chi connectivity index (χ4v) is 3.55. The lowest BCUT2D eigenvalue weighted by atomic mass is 10.1. The van der Waals surface area contributed by atoms with Crippen molar-refractivity contribution in [3.63, 3.8) is 0 Å². The standard InChI is InChI=1S/C18H14N2O7S/c1-10-5-7-14(20(23)24)13(9-10)18(22)19-17-12-3-2-4-16(28(25,26)27)11(12)6-8-15(17)21/h2-9,21H,1H3,(H,19,22)(H,25,26,27). The second-order valence-electron chi connectivity index (χ2n) is 6.02. The third-order valence-electron chi connectivity index (χ3n) is 4.11. The summed E-state index contributed by atoms with van der Waals surface area (Å²) in [6.07, 6.45) is 0. The Kier molecular flexibility index (Phi) is 4.75. The van der Waals surface area contributed by atoms with E-state index in [4.69, 9.17) is 0 Å². The van der Waals surface area contributed by atoms with E-state index in [-0.39, 0.29) is 27.8 Å². The Morgan fingerprint density at radius 1 is 1.11 bits per heavy atom. The van der Waals surface area contributed by atoms with E-state index in [1.54, 1.807) is 6.92 Å². The molecule has 0 aliphatic rings. The third-order valence-corrected chi connectivity index (χ3v) is 5.02. The molecule has 0 unspecified atom stereocenters. The predicted molar refractivity (Wildman–Crippen MR) is 101 cm³/mol. The topological polar surface area (TPSA) is 147 Å². The highest BCUT2D eigenvalue weighted by atomic mass is 32.2. The molecule has 144 valence electrons. The fraction of sp³-hybridized carbons (Fsp3) is 0.0556. The number of amides is 1. The Bertz CT molecular complexity index is 1240. The molecule has 1 amide bonds. The van der Waals surface area contributed by atoms with Crippen molar-refractivity contribution in [1.29, 1.82) is 0 Å². The minimum absolute atomic E-state index is 0.0665. The van der Waals surface area contributed by atoms with Gasteiger partial charge in [-0.05, 0) is 36.8 Å². The molecule has 0 atom stereocenters. The minimum atomic E-state index is -4.55. The van der Waals surface area contributed by atoms with Crippen LogP contribution in [0.1, 0.15) is 15.9 Å². The van der Waals surface area contributed by atoms with E-state index in [0.29, 0.717) is 5.56 Å². The number of aromatic hydroxyl groups is 1. The first-order valence-corrected chi connectivity index (χ1v) is 9.32. The van der Waals surface area contributed by atoms with Gasteiger partial charge in [0.2, 0.25) is 0 Å². The van der Waals surface area contributed by atoms with Crippen LogP contribution < -0.4 is 5.32 Å². The largest absolute Gasteiger partial charge is 0.506 e. The molecule has 0 radical (unpaired) electrons. The number of benzene rings is 3. The molecule has 3 rings (SSSR count). The third kappa shape index (κ3) is 3.50. The van der Waals surface area contributed by atoms with Crippen LogP contribution in [0.2, 0.25) is 0 Å². The van der Waals surface area contributed by atoms with E-state index in [1.807, 2.05) is 0 Å². The lowest BCUT2D eigenvalue weighted by Gasteiger charge is -2.13. The summed E-state index contributed by atoms with van der Waals surface area (Å²) in [5.74, 6) is -1.22. The number of phenolic OH excluding ortho intramolecular Hbond substituents is 1. The van der Waals surface area contributed by atoms with Crippen molar-refractivity contribution in [3.8, 4) is 5.75 Å². The van der Waals surface area contributed by atoms with Crippen molar-refractivity contribution in [3.05, 3.63) is 69.8 Å². The second kappa shape index (κ2) is 6.91. The molecule has 3 aromatic rings. The number of carbonyl (C=O) groups is 1. The van der Waals surface area contributed by atoms with Gasteiger partial charge in [0.15, 0.2) is 0 Å². The normalized spacial score (nSPS) is 11.4. The number of fused-ring (bicyclic) bond motifs is 1. The van der Waals surface area contributed by atoms with Crippen LogP contribution in [0.15, 0.2) is 53.4 Å². The number of aryl methyl sites for hydroxylation is 1. The number of anilines is 1. The summed E-state index contributed by atoms with van der Waals surface area (Å²) in [6.45, 7) is 1.66. The van der Waals surface area contributed by atoms with Crippen molar-refractivity contribution >= 4 is 38.2 Å². The molecule has 0 saturated carbocycles. The molecule has 0 heterocycles. The highest BCUT2D eigenvalue weighted by Gasteiger charge is 2.23. The van der Waals surface area contributed by atoms with Crippen LogP contribution in [0.4, 0.5) is 11.4 Å². The van der Waals surface area contributed by atoms with Gasteiger partial charge in [0.25, 0.3) is 21.7 Å². The molecular weight excluding hydrogens is 388 g/mol. The van der Waals surface area contributed by atoms with Gasteiger partial charge in [-0.3, -0.25) is 19.5 Å². The van der Waals surface area contributed by atoms with Crippen LogP contribution in [-0.2, 0) is 10.1 Å². The van der Waals surface area contributed by atoms with E-state index in [9.17, 15) is 33.0 Å². The number of nitro benzene ring substituents is 1. The number of hydrogen-bond donors (Lipinski definition) is 3. The Labute approximate surface area is 159 Å². The van der Waals surface area contributed by atoms with Gasteiger partial charge in [-0.1, -0.05) is 18.2 Å². The lowest BCUT2D eigenvalue weighted by Crippen LogP contribution is -2.15. The van der Waals surface area contributed by atoms with E-state index in [2.05, 4.69) is 5.32 Å². The van der Waals surface area contributed by atoms with E-state index >= 15 is 0 Å². The van der Waals surface area contributed by atoms with Crippen LogP contribution >= 0.6 is 0 Å². The van der Waals surface area contributed by atoms with Crippen LogP contribution in [0.3, 0.4) is 0 Å². The molecule has 3 N–H and O–H groups in total. The van der Waals surface area contributed by atoms with Crippen LogP contribution in [0.5, 0.6) is 5.75 Å². The fourth-order valence-electron chi connectivity index (χ4n) is 2.85. The number of nitrogens with one attached hydrogen (secondary N) is 1. The van der Waals surface area contributed by atoms with E-state index < -0.39 is 31.5 Å². The highest BCUT2D eigenvalue weighted by Crippen LogP contribution is 2.36. The van der Waals surface area contributed by atoms with Gasteiger partial charge in [0, 0.05) is 16.8 Å². The molecule has 28 heavy (non-hydrogen) atoms. The number of phenols is 1. The van der Waals surface area contributed by atoms with Crippen LogP contribution in [0, 0.1) is 17.0 Å². The number of nitrogens with zero attached hydrogens (tertiary/aromatic N) is 1. The zero-order valence-electron chi connectivity index (χ0n) is 14.4. The van der Waals surface area contributed by atoms with Crippen LogP contribution in [0.25, 0.3) is 10.8 Å². The van der Waals surface area contributed by atoms with Crippen molar-refractivity contribution in [2.75, 3.05) is 5.32 Å². The quantitative estimate of drug-likeness (QED) is 0.263. The molecule has 0 aliphatic heterocycles. The van der Waals surface area contributed by atoms with Gasteiger partial charge >= 0.3 is 0 Å². The summed E-state index contributed by atoms with van der Waals surface area (Å²) in [5.41, 5.74) is -0.149. The molecule has 10 heteroatoms. The smallest absolute Gasteiger partial charge is 0.295 e. The summed E-state index contributed by atoms with van der Waals surface area (Å²) >= 11 is 0. The molecular formula is C18H14N2O7S. The number of carbonyl (C=O) groups excluding carboxylic acids is 1. The van der Waals surface area contributed by atoms with Gasteiger partial charge in [-0.25, -0.2) is 0 Å². The summed E-state index contributed by atoms with van der Waals surface area (Å²) in [5, 5.41) is 24.0. The number of hydrogen-bond acceptors (Lipinski definition) is 6. The van der Waals surface area contributed by atoms with Crippen molar-refractivity contribution in [2.45, 2.75) is 11.8 Å². The maximum absolute atomic E-state index is 12.7. The molecule has 0 bridgehead atoms. The van der Waals surface area contributed by atoms with Gasteiger partial charge in [-0.2, -0.15) is 8.42 Å². The first-order valence-electron chi connectivity index (χ1n) is 7.88. The maximum atomic E-state index is 12.7. The Balaban J connectivity index is 2.16. The average molecular weight is 402 g/mol. The molecule has 3 aromatic carbocycles. The summed E-state index contributed by atoms with van der Waals surface area (Å²) < 4.78 is 32.5. The molecule has 0 fully saturated rings. The Morgan fingerprint density at radius 2 is 1.82 bits per heavy atom. The molecule has 9 nitrogen and oxygen atoms in total. The van der Waals surface area contributed by atoms with Crippen molar-refractivity contribution in [2.24, 2.45) is 0 Å². The summed E-state index contributed by atoms with van der Waals surface area (Å²) in [6, 6.07) is 10.4. The maximum Gasteiger partial charge on any atom is 0.295 e. The number of rotatable bonds is 4. The van der Waals surface area contributed by atoms with Crippen LogP contribution in [-0.4, -0.2) is 28.9 Å². The molecule has 0 aliphatic carbocycles. The second-order valence-corrected chi connectivity index (χ2v) is 7.41. The Hall–Kier alpha value is -3.50. The van der Waals surface area contributed by atoms with Crippen molar-refractivity contribution in [1.82, 2.24) is 0 Å². The van der Waals surface area contributed by atoms with Gasteiger partial charge in [-0.15, -0.1) is 0 Å². The minimum Gasteiger partial charge on any atom is -0.506 e. The zero-order valence-corrected chi connectivity index (χ0v) is 15.2. The van der Waals surface area contributed by atoms with Gasteiger partial charge in [0.05, 0.1) is 10.6 Å². The molecule has 0 saturated heterocycles. The monoisotopic (exact) mass is 402 g/mol. The first-order chi connectivity index (χ1) is 13.1. The highest BCUT2D eigenvalue weighted by molar-refractivity contribution is 7.86. The van der Waals surface area contributed by atoms with Crippen molar-refractivity contribution < 1.29 is 27.8 Å². The molecule has 0 aromatic heterocycles. The lowest BCUT2D eigenvalue weighted by molar-refractivity contribution is -0.385. The zero-order chi connectivity index (χ0) is 20.6. The van der Waals surface area contributed by atoms with Gasteiger partial charge in [0.1, 0.15) is 16.2 Å². The van der Waals surface area contributed by atoms with Gasteiger partial charge < -0.3 is 10.4 Å². The average Bonchev–Trinajstić information content (AvgIpc) is 2.62.